The molecule has 0 heterocycles. The number of aliphatic hydroxyl groups is 2. The number of esters is 3. The molecule has 12 fully saturated rings. The lowest BCUT2D eigenvalue weighted by Crippen LogP contribution is -2.60. The topological polar surface area (TPSA) is 243 Å². The first kappa shape index (κ1) is 49.9. The van der Waals surface area contributed by atoms with E-state index >= 15 is 0 Å². The fraction of sp³-hybridized carbons (Fsp3) is 0.735. The van der Waals surface area contributed by atoms with E-state index in [-0.39, 0.29) is 40.6 Å². The molecule has 18 heteroatoms. The number of Topliss-reactive ketones (excluding diaryl/α,β-unsaturated/α-hetero) is 1. The minimum absolute atomic E-state index is 0.0280. The van der Waals surface area contributed by atoms with E-state index in [0.29, 0.717) is 61.1 Å². The number of hydrogen-bond donors (Lipinski definition) is 2. The fourth-order valence-corrected chi connectivity index (χ4v) is 14.1. The Morgan fingerprint density at radius 1 is 0.478 bits per heavy atom. The van der Waals surface area contributed by atoms with Crippen molar-refractivity contribution in [3.8, 4) is 0 Å². The predicted molar refractivity (Wildman–Crippen MR) is 231 cm³/mol. The molecule has 6 unspecified atom stereocenters. The standard InChI is InChI=1S/C17H24O6.C16H22O6.C16H20O6/c1-11(2)14(18)22-10-23-15(19)21-9-16-4-12-3-13(5-16)7-17(20,6-12)8-16;1-10(2)13(17)20-9-21-14(18)22-16-6-11-3-12(7-16)5-15(19,4-11)8-16;1-9(2)14(18)20-8-21-15(19)22-16-5-10-3-11(6-16)13(17)12(4-10)7-16/h12-13,20H,1,3-10H2,2H3;11-12,19H,1,3-9H2,2H3;10-12H,1,3-8H2,2H3. The zero-order valence-electron chi connectivity index (χ0n) is 38.9. The molecule has 6 atom stereocenters. The summed E-state index contributed by atoms with van der Waals surface area (Å²) in [5.74, 6) is 0.922. The molecule has 12 aliphatic carbocycles. The van der Waals surface area contributed by atoms with E-state index in [0.717, 1.165) is 77.0 Å². The molecule has 2 N–H and O–H groups in total. The van der Waals surface area contributed by atoms with Crippen LogP contribution in [0.25, 0.3) is 0 Å². The van der Waals surface area contributed by atoms with E-state index in [9.17, 15) is 43.8 Å². The molecule has 0 spiro atoms. The first-order chi connectivity index (χ1) is 31.5. The van der Waals surface area contributed by atoms with Crippen LogP contribution in [0.1, 0.15) is 130 Å². The van der Waals surface area contributed by atoms with E-state index in [1.54, 1.807) is 0 Å². The van der Waals surface area contributed by atoms with Gasteiger partial charge in [-0.2, -0.15) is 0 Å². The van der Waals surface area contributed by atoms with Crippen LogP contribution in [0.3, 0.4) is 0 Å². The minimum Gasteiger partial charge on any atom is -0.434 e. The van der Waals surface area contributed by atoms with Gasteiger partial charge in [0.15, 0.2) is 0 Å². The predicted octanol–water partition coefficient (Wildman–Crippen LogP) is 7.21. The molecular formula is C49H66O18. The largest absolute Gasteiger partial charge is 0.511 e. The number of carbonyl (C=O) groups excluding carboxylic acids is 7. The highest BCUT2D eigenvalue weighted by molar-refractivity contribution is 5.88. The van der Waals surface area contributed by atoms with Gasteiger partial charge in [-0.25, -0.2) is 28.8 Å². The van der Waals surface area contributed by atoms with Crippen molar-refractivity contribution in [2.75, 3.05) is 27.0 Å². The molecule has 12 aliphatic rings. The van der Waals surface area contributed by atoms with Gasteiger partial charge in [0.05, 0.1) is 11.2 Å². The van der Waals surface area contributed by atoms with Crippen LogP contribution in [-0.4, -0.2) is 102 Å². The van der Waals surface area contributed by atoms with Crippen molar-refractivity contribution >= 4 is 42.2 Å². The summed E-state index contributed by atoms with van der Waals surface area (Å²) in [6, 6.07) is 0. The Morgan fingerprint density at radius 3 is 1.28 bits per heavy atom. The molecule has 370 valence electrons. The maximum atomic E-state index is 12.1. The number of rotatable bonds is 13. The lowest BCUT2D eigenvalue weighted by Gasteiger charge is -2.59. The summed E-state index contributed by atoms with van der Waals surface area (Å²) in [5, 5.41) is 21.2. The summed E-state index contributed by atoms with van der Waals surface area (Å²) < 4.78 is 44.7. The Balaban J connectivity index is 0.000000149. The van der Waals surface area contributed by atoms with Gasteiger partial charge in [-0.3, -0.25) is 4.79 Å². The van der Waals surface area contributed by atoms with Gasteiger partial charge < -0.3 is 52.8 Å². The average molecular weight is 943 g/mol. The second-order valence-electron chi connectivity index (χ2n) is 21.6. The highest BCUT2D eigenvalue weighted by atomic mass is 16.8. The van der Waals surface area contributed by atoms with E-state index in [2.05, 4.69) is 24.5 Å². The van der Waals surface area contributed by atoms with Crippen LogP contribution in [0.2, 0.25) is 0 Å². The Kier molecular flexibility index (Phi) is 14.6. The summed E-state index contributed by atoms with van der Waals surface area (Å²) >= 11 is 0. The van der Waals surface area contributed by atoms with E-state index < -0.39 is 79.2 Å². The molecule has 0 radical (unpaired) electrons. The van der Waals surface area contributed by atoms with Crippen molar-refractivity contribution in [3.05, 3.63) is 36.5 Å². The third kappa shape index (κ3) is 12.2. The summed E-state index contributed by atoms with van der Waals surface area (Å²) in [4.78, 5) is 80.9. The zero-order valence-corrected chi connectivity index (χ0v) is 38.9. The van der Waals surface area contributed by atoms with Gasteiger partial charge >= 0.3 is 36.4 Å². The van der Waals surface area contributed by atoms with Gasteiger partial charge in [-0.05, 0) is 153 Å². The van der Waals surface area contributed by atoms with Crippen molar-refractivity contribution in [2.24, 2.45) is 46.8 Å². The van der Waals surface area contributed by atoms with E-state index in [1.807, 2.05) is 0 Å². The van der Waals surface area contributed by atoms with Crippen LogP contribution in [0.4, 0.5) is 14.4 Å². The van der Waals surface area contributed by atoms with Crippen LogP contribution < -0.4 is 0 Å². The second-order valence-corrected chi connectivity index (χ2v) is 21.6. The number of ether oxygens (including phenoxy) is 9. The molecule has 12 rings (SSSR count). The first-order valence-electron chi connectivity index (χ1n) is 23.4. The summed E-state index contributed by atoms with van der Waals surface area (Å²) in [6.45, 7) is 13.6. The number of ketones is 1. The fourth-order valence-electron chi connectivity index (χ4n) is 14.1. The molecule has 0 aromatic rings. The minimum atomic E-state index is -0.847. The van der Waals surface area contributed by atoms with Crippen LogP contribution >= 0.6 is 0 Å². The lowest BCUT2D eigenvalue weighted by molar-refractivity contribution is -0.207. The molecule has 18 nitrogen and oxygen atoms in total. The Morgan fingerprint density at radius 2 is 0.866 bits per heavy atom. The highest BCUT2D eigenvalue weighted by Gasteiger charge is 2.61. The molecule has 12 saturated carbocycles. The van der Waals surface area contributed by atoms with Crippen LogP contribution in [-0.2, 0) is 61.8 Å². The Hall–Kier alpha value is -4.97. The molecule has 0 amide bonds. The first-order valence-corrected chi connectivity index (χ1v) is 23.4. The van der Waals surface area contributed by atoms with Gasteiger partial charge in [-0.1, -0.05) is 19.7 Å². The Bertz CT molecular complexity index is 1970. The monoisotopic (exact) mass is 942 g/mol. The maximum absolute atomic E-state index is 12.1. The van der Waals surface area contributed by atoms with Gasteiger partial charge in [0.1, 0.15) is 23.6 Å². The van der Waals surface area contributed by atoms with Crippen molar-refractivity contribution in [1.29, 1.82) is 0 Å². The van der Waals surface area contributed by atoms with Gasteiger partial charge in [-0.15, -0.1) is 0 Å². The molecule has 0 aromatic carbocycles. The quantitative estimate of drug-likeness (QED) is 0.0801. The Labute approximate surface area is 390 Å². The maximum Gasteiger partial charge on any atom is 0.511 e. The summed E-state index contributed by atoms with van der Waals surface area (Å²) in [6.07, 6.45) is 11.7. The van der Waals surface area contributed by atoms with Crippen molar-refractivity contribution in [1.82, 2.24) is 0 Å². The van der Waals surface area contributed by atoms with Crippen molar-refractivity contribution < 1.29 is 86.4 Å². The average Bonchev–Trinajstić information content (AvgIpc) is 3.20. The second kappa shape index (κ2) is 19.6. The molecule has 0 saturated heterocycles. The van der Waals surface area contributed by atoms with Gasteiger partial charge in [0.25, 0.3) is 0 Å². The van der Waals surface area contributed by atoms with Crippen molar-refractivity contribution in [2.45, 2.75) is 152 Å². The van der Waals surface area contributed by atoms with Crippen LogP contribution in [0, 0.1) is 46.8 Å². The third-order valence-electron chi connectivity index (χ3n) is 15.3. The zero-order chi connectivity index (χ0) is 48.5. The molecule has 0 aromatic heterocycles. The van der Waals surface area contributed by atoms with E-state index in [1.165, 1.54) is 27.2 Å². The van der Waals surface area contributed by atoms with Crippen LogP contribution in [0.15, 0.2) is 36.5 Å². The number of carbonyl (C=O) groups is 7. The third-order valence-corrected chi connectivity index (χ3v) is 15.3. The molecule has 12 bridgehead atoms. The van der Waals surface area contributed by atoms with E-state index in [4.69, 9.17) is 37.9 Å². The van der Waals surface area contributed by atoms with Crippen LogP contribution in [0.5, 0.6) is 0 Å². The molecule has 0 aliphatic heterocycles. The lowest BCUT2D eigenvalue weighted by atomic mass is 9.48. The van der Waals surface area contributed by atoms with Crippen molar-refractivity contribution in [3.63, 3.8) is 0 Å². The summed E-state index contributed by atoms with van der Waals surface area (Å²) in [5.41, 5.74) is -1.87. The van der Waals surface area contributed by atoms with Gasteiger partial charge in [0.2, 0.25) is 20.4 Å². The normalized spacial score (nSPS) is 37.0. The number of hydrogen-bond acceptors (Lipinski definition) is 18. The molecular weight excluding hydrogens is 877 g/mol. The smallest absolute Gasteiger partial charge is 0.434 e. The SMILES string of the molecule is C=C(C)C(=O)OCOC(=O)OC12CC3CC(C1)C(=O)C(C3)C2.C=C(C)C(=O)OCOC(=O)OC12CC3CC(CC(O)(C3)C1)C2.C=C(C)C(=O)OCOC(=O)OCC12CC3CC(CC(O)(C3)C1)C2. The molecule has 67 heavy (non-hydrogen) atoms. The highest BCUT2D eigenvalue weighted by Crippen LogP contribution is 2.62. The van der Waals surface area contributed by atoms with Gasteiger partial charge in [0, 0.05) is 40.4 Å². The summed E-state index contributed by atoms with van der Waals surface area (Å²) in [7, 11) is 0.